The Balaban J connectivity index is 1.87. The van der Waals surface area contributed by atoms with Crippen LogP contribution in [0.1, 0.15) is 30.9 Å². The third kappa shape index (κ3) is 2.83. The summed E-state index contributed by atoms with van der Waals surface area (Å²) in [6.45, 7) is 2.91. The number of halogens is 1. The minimum Gasteiger partial charge on any atom is -0.387 e. The summed E-state index contributed by atoms with van der Waals surface area (Å²) in [5.41, 5.74) is 0.982. The van der Waals surface area contributed by atoms with E-state index in [0.717, 1.165) is 34.4 Å². The molecule has 1 saturated heterocycles. The lowest BCUT2D eigenvalue weighted by Gasteiger charge is -2.29. The van der Waals surface area contributed by atoms with Crippen molar-refractivity contribution in [2.75, 3.05) is 19.6 Å². The Bertz CT molecular complexity index is 593. The molecule has 0 saturated carbocycles. The molecule has 1 heterocycles. The van der Waals surface area contributed by atoms with Crippen molar-refractivity contribution in [3.63, 3.8) is 0 Å². The van der Waals surface area contributed by atoms with E-state index in [9.17, 15) is 5.11 Å². The fraction of sp³-hybridized carbons (Fsp3) is 0.412. The monoisotopic (exact) mass is 289 g/mol. The summed E-state index contributed by atoms with van der Waals surface area (Å²) in [6.07, 6.45) is 3.36. The minimum atomic E-state index is -0.449. The van der Waals surface area contributed by atoms with Gasteiger partial charge in [-0.25, -0.2) is 0 Å². The van der Waals surface area contributed by atoms with E-state index in [1.807, 2.05) is 36.4 Å². The van der Waals surface area contributed by atoms with E-state index in [2.05, 4.69) is 4.90 Å². The molecule has 0 aliphatic carbocycles. The van der Waals surface area contributed by atoms with Gasteiger partial charge in [-0.3, -0.25) is 0 Å². The van der Waals surface area contributed by atoms with Crippen molar-refractivity contribution >= 4 is 22.4 Å². The smallest absolute Gasteiger partial charge is 0.0922 e. The van der Waals surface area contributed by atoms with Crippen LogP contribution in [0.3, 0.4) is 0 Å². The van der Waals surface area contributed by atoms with E-state index in [4.69, 9.17) is 11.6 Å². The summed E-state index contributed by atoms with van der Waals surface area (Å²) in [5.74, 6) is 0. The Hall–Kier alpha value is -1.09. The van der Waals surface area contributed by atoms with E-state index < -0.39 is 6.10 Å². The number of benzene rings is 2. The van der Waals surface area contributed by atoms with Gasteiger partial charge in [0.05, 0.1) is 6.10 Å². The number of hydrogen-bond acceptors (Lipinski definition) is 2. The van der Waals surface area contributed by atoms with Crippen molar-refractivity contribution in [2.45, 2.75) is 25.4 Å². The maximum absolute atomic E-state index is 10.6. The predicted octanol–water partition coefficient (Wildman–Crippen LogP) is 4.01. The van der Waals surface area contributed by atoms with Crippen LogP contribution in [-0.2, 0) is 0 Å². The topological polar surface area (TPSA) is 23.5 Å². The molecule has 0 bridgehead atoms. The van der Waals surface area contributed by atoms with Gasteiger partial charge in [0.1, 0.15) is 0 Å². The van der Waals surface area contributed by atoms with Crippen LogP contribution in [0.2, 0.25) is 5.02 Å². The average molecular weight is 290 g/mol. The maximum Gasteiger partial charge on any atom is 0.0922 e. The van der Waals surface area contributed by atoms with Gasteiger partial charge in [-0.05, 0) is 42.9 Å². The molecule has 0 radical (unpaired) electrons. The van der Waals surface area contributed by atoms with E-state index in [1.165, 1.54) is 19.3 Å². The van der Waals surface area contributed by atoms with Crippen LogP contribution >= 0.6 is 11.6 Å². The molecule has 1 aliphatic heterocycles. The lowest BCUT2D eigenvalue weighted by molar-refractivity contribution is 0.102. The second-order valence-corrected chi connectivity index (χ2v) is 5.97. The molecular formula is C17H20ClNO. The predicted molar refractivity (Wildman–Crippen MR) is 84.2 cm³/mol. The normalized spacial score (nSPS) is 18.3. The standard InChI is InChI=1S/C17H20ClNO/c18-16-9-8-15(13-6-2-3-7-14(13)16)17(20)12-19-10-4-1-5-11-19/h2-3,6-9,17,20H,1,4-5,10-12H2. The molecule has 1 fully saturated rings. The molecule has 20 heavy (non-hydrogen) atoms. The summed E-state index contributed by atoms with van der Waals surface area (Å²) in [5, 5.41) is 13.4. The number of β-amino-alcohol motifs (C(OH)–C–C–N with tert-alkyl or cyclic N) is 1. The minimum absolute atomic E-state index is 0.449. The fourth-order valence-corrected chi connectivity index (χ4v) is 3.29. The lowest BCUT2D eigenvalue weighted by Crippen LogP contribution is -2.33. The number of nitrogens with zero attached hydrogens (tertiary/aromatic N) is 1. The number of piperidine rings is 1. The summed E-state index contributed by atoms with van der Waals surface area (Å²) in [7, 11) is 0. The average Bonchev–Trinajstić information content (AvgIpc) is 2.49. The van der Waals surface area contributed by atoms with Crippen LogP contribution in [0.5, 0.6) is 0 Å². The zero-order valence-electron chi connectivity index (χ0n) is 11.6. The summed E-state index contributed by atoms with van der Waals surface area (Å²) >= 11 is 6.23. The third-order valence-corrected chi connectivity index (χ3v) is 4.47. The highest BCUT2D eigenvalue weighted by Gasteiger charge is 2.18. The Morgan fingerprint density at radius 1 is 1.00 bits per heavy atom. The zero-order chi connectivity index (χ0) is 13.9. The molecule has 3 heteroatoms. The Kier molecular flexibility index (Phi) is 4.25. The van der Waals surface area contributed by atoms with E-state index in [1.54, 1.807) is 0 Å². The first kappa shape index (κ1) is 13.9. The molecule has 1 N–H and O–H groups in total. The van der Waals surface area contributed by atoms with Crippen molar-refractivity contribution in [2.24, 2.45) is 0 Å². The van der Waals surface area contributed by atoms with Crippen LogP contribution < -0.4 is 0 Å². The molecular weight excluding hydrogens is 270 g/mol. The van der Waals surface area contributed by atoms with Gasteiger partial charge in [0.2, 0.25) is 0 Å². The summed E-state index contributed by atoms with van der Waals surface area (Å²) in [4.78, 5) is 2.36. The number of hydrogen-bond donors (Lipinski definition) is 1. The first-order chi connectivity index (χ1) is 9.75. The van der Waals surface area contributed by atoms with Gasteiger partial charge in [0.25, 0.3) is 0 Å². The lowest BCUT2D eigenvalue weighted by atomic mass is 9.99. The van der Waals surface area contributed by atoms with Crippen molar-refractivity contribution in [1.82, 2.24) is 4.90 Å². The fourth-order valence-electron chi connectivity index (χ4n) is 3.06. The molecule has 2 aromatic carbocycles. The second-order valence-electron chi connectivity index (χ2n) is 5.56. The molecule has 0 amide bonds. The zero-order valence-corrected chi connectivity index (χ0v) is 12.3. The van der Waals surface area contributed by atoms with Crippen LogP contribution in [-0.4, -0.2) is 29.6 Å². The number of fused-ring (bicyclic) bond motifs is 1. The van der Waals surface area contributed by atoms with Gasteiger partial charge >= 0.3 is 0 Å². The van der Waals surface area contributed by atoms with Crippen molar-refractivity contribution in [3.8, 4) is 0 Å². The van der Waals surface area contributed by atoms with E-state index in [0.29, 0.717) is 6.54 Å². The number of aliphatic hydroxyl groups excluding tert-OH is 1. The first-order valence-electron chi connectivity index (χ1n) is 7.33. The SMILES string of the molecule is OC(CN1CCCCC1)c1ccc(Cl)c2ccccc12. The number of likely N-dealkylation sites (tertiary alicyclic amines) is 1. The quantitative estimate of drug-likeness (QED) is 0.923. The largest absolute Gasteiger partial charge is 0.387 e. The van der Waals surface area contributed by atoms with Gasteiger partial charge in [-0.2, -0.15) is 0 Å². The maximum atomic E-state index is 10.6. The number of rotatable bonds is 3. The molecule has 3 rings (SSSR count). The Morgan fingerprint density at radius 2 is 1.70 bits per heavy atom. The van der Waals surface area contributed by atoms with Gasteiger partial charge < -0.3 is 10.0 Å². The molecule has 1 atom stereocenters. The molecule has 1 unspecified atom stereocenters. The van der Waals surface area contributed by atoms with Gasteiger partial charge in [0.15, 0.2) is 0 Å². The summed E-state index contributed by atoms with van der Waals surface area (Å²) < 4.78 is 0. The highest BCUT2D eigenvalue weighted by Crippen LogP contribution is 2.30. The van der Waals surface area contributed by atoms with Gasteiger partial charge in [-0.1, -0.05) is 48.4 Å². The molecule has 0 aromatic heterocycles. The second kappa shape index (κ2) is 6.13. The molecule has 0 spiro atoms. The Morgan fingerprint density at radius 3 is 2.45 bits per heavy atom. The van der Waals surface area contributed by atoms with Crippen LogP contribution in [0.25, 0.3) is 10.8 Å². The highest BCUT2D eigenvalue weighted by molar-refractivity contribution is 6.35. The highest BCUT2D eigenvalue weighted by atomic mass is 35.5. The van der Waals surface area contributed by atoms with E-state index in [-0.39, 0.29) is 0 Å². The van der Waals surface area contributed by atoms with Crippen LogP contribution in [0.15, 0.2) is 36.4 Å². The van der Waals surface area contributed by atoms with Gasteiger partial charge in [-0.15, -0.1) is 0 Å². The molecule has 2 nitrogen and oxygen atoms in total. The Labute approximate surface area is 125 Å². The summed E-state index contributed by atoms with van der Waals surface area (Å²) in [6, 6.07) is 11.9. The van der Waals surface area contributed by atoms with Crippen LogP contribution in [0, 0.1) is 0 Å². The third-order valence-electron chi connectivity index (χ3n) is 4.14. The molecule has 1 aliphatic rings. The first-order valence-corrected chi connectivity index (χ1v) is 7.71. The molecule has 106 valence electrons. The van der Waals surface area contributed by atoms with Gasteiger partial charge in [0, 0.05) is 17.0 Å². The van der Waals surface area contributed by atoms with Crippen molar-refractivity contribution in [1.29, 1.82) is 0 Å². The van der Waals surface area contributed by atoms with Crippen molar-refractivity contribution in [3.05, 3.63) is 47.0 Å². The van der Waals surface area contributed by atoms with E-state index >= 15 is 0 Å². The van der Waals surface area contributed by atoms with Crippen molar-refractivity contribution < 1.29 is 5.11 Å². The molecule has 2 aromatic rings. The number of aliphatic hydroxyl groups is 1. The van der Waals surface area contributed by atoms with Crippen LogP contribution in [0.4, 0.5) is 0 Å².